The van der Waals surface area contributed by atoms with E-state index in [1.54, 1.807) is 20.8 Å². The van der Waals surface area contributed by atoms with Crippen LogP contribution in [0.1, 0.15) is 27.2 Å². The standard InChI is InChI=1S/C12H19F2NO4/c1-11(2,3)19-10(17)15-6-5-12(7-15,8(13)14)9(16)18-4/h8H,5-7H2,1-4H3. The van der Waals surface area contributed by atoms with E-state index in [0.29, 0.717) is 0 Å². The highest BCUT2D eigenvalue weighted by atomic mass is 19.3. The maximum atomic E-state index is 13.1. The molecule has 0 bridgehead atoms. The minimum Gasteiger partial charge on any atom is -0.468 e. The van der Waals surface area contributed by atoms with Crippen LogP contribution >= 0.6 is 0 Å². The van der Waals surface area contributed by atoms with Gasteiger partial charge >= 0.3 is 12.1 Å². The van der Waals surface area contributed by atoms with Crippen LogP contribution in [0.2, 0.25) is 0 Å². The van der Waals surface area contributed by atoms with Crippen molar-refractivity contribution >= 4 is 12.1 Å². The van der Waals surface area contributed by atoms with Crippen LogP contribution < -0.4 is 0 Å². The summed E-state index contributed by atoms with van der Waals surface area (Å²) in [5, 5.41) is 0. The molecule has 0 spiro atoms. The monoisotopic (exact) mass is 279 g/mol. The number of likely N-dealkylation sites (tertiary alicyclic amines) is 1. The lowest BCUT2D eigenvalue weighted by molar-refractivity contribution is -0.161. The molecular formula is C12H19F2NO4. The van der Waals surface area contributed by atoms with Crippen molar-refractivity contribution in [1.82, 2.24) is 4.90 Å². The molecule has 1 heterocycles. The topological polar surface area (TPSA) is 55.8 Å². The Morgan fingerprint density at radius 1 is 1.32 bits per heavy atom. The first-order valence-corrected chi connectivity index (χ1v) is 5.97. The van der Waals surface area contributed by atoms with Crippen LogP contribution in [0.4, 0.5) is 13.6 Å². The molecule has 110 valence electrons. The van der Waals surface area contributed by atoms with E-state index in [9.17, 15) is 18.4 Å². The van der Waals surface area contributed by atoms with Gasteiger partial charge in [0.25, 0.3) is 6.43 Å². The Morgan fingerprint density at radius 3 is 2.32 bits per heavy atom. The van der Waals surface area contributed by atoms with E-state index in [1.165, 1.54) is 0 Å². The lowest BCUT2D eigenvalue weighted by Gasteiger charge is -2.27. The molecule has 1 atom stereocenters. The zero-order valence-electron chi connectivity index (χ0n) is 11.5. The lowest BCUT2D eigenvalue weighted by Crippen LogP contribution is -2.43. The Hall–Kier alpha value is -1.40. The summed E-state index contributed by atoms with van der Waals surface area (Å²) in [4.78, 5) is 24.5. The third kappa shape index (κ3) is 3.33. The van der Waals surface area contributed by atoms with E-state index in [0.717, 1.165) is 12.0 Å². The fraction of sp³-hybridized carbons (Fsp3) is 0.833. The molecule has 0 aliphatic carbocycles. The Kier molecular flexibility index (Phi) is 4.37. The first-order valence-electron chi connectivity index (χ1n) is 5.97. The van der Waals surface area contributed by atoms with E-state index in [2.05, 4.69) is 4.74 Å². The molecule has 19 heavy (non-hydrogen) atoms. The van der Waals surface area contributed by atoms with Gasteiger partial charge in [-0.1, -0.05) is 0 Å². The van der Waals surface area contributed by atoms with Gasteiger partial charge in [0.2, 0.25) is 0 Å². The number of carbonyl (C=O) groups is 2. The molecule has 1 aliphatic rings. The zero-order valence-corrected chi connectivity index (χ0v) is 11.5. The molecule has 0 aromatic carbocycles. The van der Waals surface area contributed by atoms with Crippen LogP contribution in [0.5, 0.6) is 0 Å². The number of rotatable bonds is 2. The number of carbonyl (C=O) groups excluding carboxylic acids is 2. The summed E-state index contributed by atoms with van der Waals surface area (Å²) < 4.78 is 35.8. The fourth-order valence-electron chi connectivity index (χ4n) is 1.95. The van der Waals surface area contributed by atoms with Gasteiger partial charge in [-0.25, -0.2) is 13.6 Å². The number of hydrogen-bond acceptors (Lipinski definition) is 4. The molecule has 1 fully saturated rings. The maximum absolute atomic E-state index is 13.1. The second-order valence-corrected chi connectivity index (χ2v) is 5.60. The maximum Gasteiger partial charge on any atom is 0.410 e. The van der Waals surface area contributed by atoms with E-state index >= 15 is 0 Å². The molecule has 0 N–H and O–H groups in total. The molecule has 1 unspecified atom stereocenters. The second-order valence-electron chi connectivity index (χ2n) is 5.60. The Bertz CT molecular complexity index is 367. The zero-order chi connectivity index (χ0) is 14.8. The SMILES string of the molecule is COC(=O)C1(C(F)F)CCN(C(=O)OC(C)(C)C)C1. The van der Waals surface area contributed by atoms with Crippen LogP contribution in [-0.2, 0) is 14.3 Å². The number of hydrogen-bond donors (Lipinski definition) is 0. The van der Waals surface area contributed by atoms with Crippen molar-refractivity contribution in [3.8, 4) is 0 Å². The molecule has 0 radical (unpaired) electrons. The highest BCUT2D eigenvalue weighted by Gasteiger charge is 2.54. The summed E-state index contributed by atoms with van der Waals surface area (Å²) >= 11 is 0. The third-order valence-electron chi connectivity index (χ3n) is 2.96. The lowest BCUT2D eigenvalue weighted by atomic mass is 9.88. The van der Waals surface area contributed by atoms with Gasteiger partial charge in [0.15, 0.2) is 0 Å². The van der Waals surface area contributed by atoms with E-state index < -0.39 is 29.5 Å². The van der Waals surface area contributed by atoms with Crippen molar-refractivity contribution in [1.29, 1.82) is 0 Å². The van der Waals surface area contributed by atoms with Gasteiger partial charge in [0.1, 0.15) is 11.0 Å². The number of alkyl halides is 2. The number of amides is 1. The molecule has 1 amide bonds. The van der Waals surface area contributed by atoms with Gasteiger partial charge in [0, 0.05) is 13.1 Å². The van der Waals surface area contributed by atoms with Crippen LogP contribution in [0.25, 0.3) is 0 Å². The van der Waals surface area contributed by atoms with Gasteiger partial charge in [-0.2, -0.15) is 0 Å². The normalized spacial score (nSPS) is 23.6. The van der Waals surface area contributed by atoms with Crippen LogP contribution in [0.3, 0.4) is 0 Å². The van der Waals surface area contributed by atoms with Crippen LogP contribution in [0.15, 0.2) is 0 Å². The average molecular weight is 279 g/mol. The minimum atomic E-state index is -2.88. The van der Waals surface area contributed by atoms with Crippen LogP contribution in [0, 0.1) is 5.41 Å². The van der Waals surface area contributed by atoms with Crippen molar-refractivity contribution in [3.63, 3.8) is 0 Å². The van der Waals surface area contributed by atoms with Crippen molar-refractivity contribution in [3.05, 3.63) is 0 Å². The van der Waals surface area contributed by atoms with Crippen molar-refractivity contribution in [2.75, 3.05) is 20.2 Å². The number of ether oxygens (including phenoxy) is 2. The molecule has 1 saturated heterocycles. The molecule has 0 aromatic heterocycles. The average Bonchev–Trinajstić information content (AvgIpc) is 2.71. The van der Waals surface area contributed by atoms with E-state index in [-0.39, 0.29) is 19.5 Å². The summed E-state index contributed by atoms with van der Waals surface area (Å²) in [6, 6.07) is 0. The van der Waals surface area contributed by atoms with E-state index in [4.69, 9.17) is 4.74 Å². The van der Waals surface area contributed by atoms with Gasteiger partial charge < -0.3 is 14.4 Å². The Balaban J connectivity index is 2.80. The first-order chi connectivity index (χ1) is 8.62. The van der Waals surface area contributed by atoms with Gasteiger partial charge in [0.05, 0.1) is 7.11 Å². The molecule has 0 aromatic rings. The molecule has 5 nitrogen and oxygen atoms in total. The summed E-state index contributed by atoms with van der Waals surface area (Å²) in [6.45, 7) is 4.71. The minimum absolute atomic E-state index is 0.0500. The number of esters is 1. The van der Waals surface area contributed by atoms with Crippen molar-refractivity contribution in [2.45, 2.75) is 39.2 Å². The van der Waals surface area contributed by atoms with E-state index in [1.807, 2.05) is 0 Å². The molecular weight excluding hydrogens is 260 g/mol. The second kappa shape index (κ2) is 5.30. The smallest absolute Gasteiger partial charge is 0.410 e. The fourth-order valence-corrected chi connectivity index (χ4v) is 1.95. The highest BCUT2D eigenvalue weighted by molar-refractivity contribution is 5.80. The number of nitrogens with zero attached hydrogens (tertiary/aromatic N) is 1. The summed E-state index contributed by atoms with van der Waals surface area (Å²) in [7, 11) is 1.06. The predicted octanol–water partition coefficient (Wildman–Crippen LogP) is 2.05. The van der Waals surface area contributed by atoms with Crippen LogP contribution in [-0.4, -0.2) is 49.2 Å². The van der Waals surface area contributed by atoms with Gasteiger partial charge in [-0.05, 0) is 27.2 Å². The quantitative estimate of drug-likeness (QED) is 0.726. The molecule has 0 saturated carbocycles. The number of methoxy groups -OCH3 is 1. The largest absolute Gasteiger partial charge is 0.468 e. The predicted molar refractivity (Wildman–Crippen MR) is 62.9 cm³/mol. The Morgan fingerprint density at radius 2 is 1.89 bits per heavy atom. The van der Waals surface area contributed by atoms with Crippen molar-refractivity contribution < 1.29 is 27.8 Å². The molecule has 1 aliphatic heterocycles. The van der Waals surface area contributed by atoms with Gasteiger partial charge in [-0.3, -0.25) is 4.79 Å². The molecule has 1 rings (SSSR count). The summed E-state index contributed by atoms with van der Waals surface area (Å²) in [5.74, 6) is -0.992. The highest BCUT2D eigenvalue weighted by Crippen LogP contribution is 2.38. The first kappa shape index (κ1) is 15.7. The van der Waals surface area contributed by atoms with Gasteiger partial charge in [-0.15, -0.1) is 0 Å². The Labute approximate surface area is 110 Å². The number of halogens is 2. The third-order valence-corrected chi connectivity index (χ3v) is 2.96. The van der Waals surface area contributed by atoms with Crippen molar-refractivity contribution in [2.24, 2.45) is 5.41 Å². The molecule has 7 heteroatoms. The summed E-state index contributed by atoms with van der Waals surface area (Å²) in [6.07, 6.45) is -3.71. The summed E-state index contributed by atoms with van der Waals surface area (Å²) in [5.41, 5.74) is -2.65.